The first-order valence-electron chi connectivity index (χ1n) is 13.3. The molecule has 0 saturated heterocycles. The first-order chi connectivity index (χ1) is 20.4. The quantitative estimate of drug-likeness (QED) is 0.219. The fraction of sp³-hybridized carbons (Fsp3) is 0.429. The molecule has 2 aromatic carbocycles. The number of aromatic nitrogens is 2. The third kappa shape index (κ3) is 18.9. The van der Waals surface area contributed by atoms with Crippen molar-refractivity contribution in [1.82, 2.24) is 9.78 Å². The van der Waals surface area contributed by atoms with Gasteiger partial charge in [0.2, 0.25) is 0 Å². The number of benzene rings is 2. The van der Waals surface area contributed by atoms with Gasteiger partial charge in [0.25, 0.3) is 5.56 Å². The molecular formula is C28H45N7O9S2. The van der Waals surface area contributed by atoms with E-state index in [1.807, 2.05) is 0 Å². The topological polar surface area (TPSA) is 217 Å². The van der Waals surface area contributed by atoms with Crippen LogP contribution in [0.5, 0.6) is 0 Å². The Morgan fingerprint density at radius 3 is 1.28 bits per heavy atom. The summed E-state index contributed by atoms with van der Waals surface area (Å²) in [6.45, 7) is 0. The number of H-pyrrole nitrogens is 1. The van der Waals surface area contributed by atoms with E-state index in [0.29, 0.717) is 4.68 Å². The summed E-state index contributed by atoms with van der Waals surface area (Å²) in [7, 11) is 16.1. The second kappa shape index (κ2) is 16.2. The zero-order valence-electron chi connectivity index (χ0n) is 28.3. The summed E-state index contributed by atoms with van der Waals surface area (Å²) in [5.41, 5.74) is -2.39. The van der Waals surface area contributed by atoms with E-state index in [9.17, 15) is 40.6 Å². The van der Waals surface area contributed by atoms with Crippen LogP contribution in [-0.2, 0) is 20.2 Å². The van der Waals surface area contributed by atoms with Crippen molar-refractivity contribution < 1.29 is 49.3 Å². The van der Waals surface area contributed by atoms with Gasteiger partial charge in [-0.05, 0) is 48.5 Å². The van der Waals surface area contributed by atoms with Crippen LogP contribution < -0.4 is 10.7 Å². The number of nitrogens with one attached hydrogen (secondary N) is 1. The normalized spacial score (nSPS) is 12.2. The lowest BCUT2D eigenvalue weighted by Gasteiger charge is -2.14. The van der Waals surface area contributed by atoms with Crippen molar-refractivity contribution in [3.8, 4) is 5.69 Å². The molecule has 18 heteroatoms. The molecule has 0 aliphatic rings. The van der Waals surface area contributed by atoms with Gasteiger partial charge in [-0.15, -0.1) is 5.11 Å². The zero-order chi connectivity index (χ0) is 36.5. The van der Waals surface area contributed by atoms with Gasteiger partial charge in [-0.1, -0.05) is 0 Å². The monoisotopic (exact) mass is 687 g/mol. The van der Waals surface area contributed by atoms with E-state index < -0.39 is 52.9 Å². The SMILES string of the molecule is C[N+](C)(C)C.C[N+](C)(C)C.C[N+](C)(C)C.O=C([O-])c1[nH]n(-c2ccc(S(=O)(=O)[O-])cc2)c(=O)c1N=Nc1ccc(S(=O)(=O)[O-])cc1. The van der Waals surface area contributed by atoms with Crippen molar-refractivity contribution in [3.63, 3.8) is 0 Å². The number of carbonyl (C=O) groups excluding carboxylic acids is 1. The molecule has 0 unspecified atom stereocenters. The number of hydrogen-bond donors (Lipinski definition) is 1. The van der Waals surface area contributed by atoms with Crippen LogP contribution >= 0.6 is 0 Å². The molecule has 0 bridgehead atoms. The summed E-state index contributed by atoms with van der Waals surface area (Å²) in [6, 6.07) is 8.16. The number of hydrogen-bond acceptors (Lipinski definition) is 11. The Morgan fingerprint density at radius 2 is 0.978 bits per heavy atom. The van der Waals surface area contributed by atoms with Crippen LogP contribution in [0.3, 0.4) is 0 Å². The van der Waals surface area contributed by atoms with E-state index in [1.54, 1.807) is 0 Å². The number of azo groups is 1. The Kier molecular flexibility index (Phi) is 14.8. The highest BCUT2D eigenvalue weighted by Crippen LogP contribution is 2.21. The van der Waals surface area contributed by atoms with Gasteiger partial charge in [0.1, 0.15) is 25.9 Å². The van der Waals surface area contributed by atoms with Gasteiger partial charge in [0, 0.05) is 0 Å². The van der Waals surface area contributed by atoms with Crippen molar-refractivity contribution in [2.75, 3.05) is 84.6 Å². The molecule has 46 heavy (non-hydrogen) atoms. The number of carboxylic acids is 1. The molecule has 0 atom stereocenters. The van der Waals surface area contributed by atoms with Gasteiger partial charge < -0.3 is 32.5 Å². The molecule has 0 radical (unpaired) electrons. The van der Waals surface area contributed by atoms with Gasteiger partial charge >= 0.3 is 0 Å². The Bertz CT molecular complexity index is 1700. The van der Waals surface area contributed by atoms with Crippen molar-refractivity contribution in [2.24, 2.45) is 10.2 Å². The smallest absolute Gasteiger partial charge is 0.299 e. The fourth-order valence-corrected chi connectivity index (χ4v) is 3.33. The number of aromatic carboxylic acids is 1. The van der Waals surface area contributed by atoms with Crippen LogP contribution in [0.25, 0.3) is 5.69 Å². The van der Waals surface area contributed by atoms with Gasteiger partial charge in [-0.25, -0.2) is 21.5 Å². The van der Waals surface area contributed by atoms with E-state index in [0.717, 1.165) is 62.0 Å². The average Bonchev–Trinajstić information content (AvgIpc) is 3.15. The number of carbonyl (C=O) groups is 1. The molecule has 0 aliphatic heterocycles. The molecule has 0 spiro atoms. The lowest BCUT2D eigenvalue weighted by Crippen LogP contribution is -2.27. The molecule has 3 aromatic rings. The summed E-state index contributed by atoms with van der Waals surface area (Å²) in [6.07, 6.45) is 0. The largest absolute Gasteiger partial charge is 0.744 e. The Hall–Kier alpha value is -3.78. The number of rotatable bonds is 6. The molecule has 258 valence electrons. The summed E-state index contributed by atoms with van der Waals surface area (Å²) in [5.74, 6) is -1.80. The number of carboxylic acid groups (broad SMARTS) is 1. The molecule has 16 nitrogen and oxygen atoms in total. The standard InChI is InChI=1S/C16H12N4O9S2.3C4H12N/c21-15-13(18-17-9-1-5-11(6-2-9)30(24,25)26)14(16(22)23)19-20(15)10-3-7-12(8-4-10)31(27,28)29;3*1-5(2,3)4/h1-8,19H,(H,22,23)(H,24,25,26)(H,27,28,29);3*1-4H3/q;3*+1/p-3. The van der Waals surface area contributed by atoms with Crippen molar-refractivity contribution >= 4 is 37.6 Å². The molecule has 0 saturated carbocycles. The van der Waals surface area contributed by atoms with Crippen LogP contribution in [0, 0.1) is 0 Å². The molecule has 0 amide bonds. The maximum Gasteiger partial charge on any atom is 0.299 e. The van der Waals surface area contributed by atoms with Crippen molar-refractivity contribution in [1.29, 1.82) is 0 Å². The van der Waals surface area contributed by atoms with Gasteiger partial charge in [-0.2, -0.15) is 5.11 Å². The summed E-state index contributed by atoms with van der Waals surface area (Å²) in [5, 5.41) is 20.8. The maximum absolute atomic E-state index is 12.6. The summed E-state index contributed by atoms with van der Waals surface area (Å²) < 4.78 is 69.5. The Labute approximate surface area is 271 Å². The molecule has 1 aromatic heterocycles. The minimum atomic E-state index is -4.72. The lowest BCUT2D eigenvalue weighted by molar-refractivity contribution is -0.849. The van der Waals surface area contributed by atoms with Crippen LogP contribution in [0.2, 0.25) is 0 Å². The van der Waals surface area contributed by atoms with E-state index in [1.165, 1.54) is 0 Å². The van der Waals surface area contributed by atoms with Crippen molar-refractivity contribution in [3.05, 3.63) is 64.6 Å². The molecular weight excluding hydrogens is 642 g/mol. The molecule has 0 fully saturated rings. The number of aromatic amines is 1. The number of nitrogens with zero attached hydrogens (tertiary/aromatic N) is 6. The second-order valence-electron chi connectivity index (χ2n) is 13.9. The first kappa shape index (κ1) is 42.2. The van der Waals surface area contributed by atoms with E-state index in [-0.39, 0.29) is 11.4 Å². The fourth-order valence-electron chi connectivity index (χ4n) is 2.39. The summed E-state index contributed by atoms with van der Waals surface area (Å²) >= 11 is 0. The van der Waals surface area contributed by atoms with Crippen molar-refractivity contribution in [2.45, 2.75) is 9.79 Å². The van der Waals surface area contributed by atoms with Crippen LogP contribution in [-0.4, -0.2) is 140 Å². The minimum absolute atomic E-state index is 0.00800. The molecule has 3 rings (SSSR count). The number of quaternary nitrogens is 3. The summed E-state index contributed by atoms with van der Waals surface area (Å²) in [4.78, 5) is 22.8. The maximum atomic E-state index is 12.6. The highest BCUT2D eigenvalue weighted by atomic mass is 32.2. The Morgan fingerprint density at radius 1 is 0.652 bits per heavy atom. The Balaban J connectivity index is 0.00000112. The zero-order valence-corrected chi connectivity index (χ0v) is 29.9. The van der Waals surface area contributed by atoms with Crippen LogP contribution in [0.15, 0.2) is 73.3 Å². The third-order valence-electron chi connectivity index (χ3n) is 3.84. The van der Waals surface area contributed by atoms with E-state index in [4.69, 9.17) is 0 Å². The van der Waals surface area contributed by atoms with Gasteiger partial charge in [-0.3, -0.25) is 9.89 Å². The average molecular weight is 688 g/mol. The predicted molar refractivity (Wildman–Crippen MR) is 169 cm³/mol. The van der Waals surface area contributed by atoms with Crippen LogP contribution in [0.1, 0.15) is 10.5 Å². The third-order valence-corrected chi connectivity index (χ3v) is 5.54. The van der Waals surface area contributed by atoms with E-state index in [2.05, 4.69) is 99.9 Å². The molecule has 0 aliphatic carbocycles. The van der Waals surface area contributed by atoms with Gasteiger partial charge in [0.15, 0.2) is 5.69 Å². The molecule has 1 heterocycles. The van der Waals surface area contributed by atoms with E-state index >= 15 is 0 Å². The van der Waals surface area contributed by atoms with Gasteiger partial charge in [0.05, 0.1) is 112 Å². The lowest BCUT2D eigenvalue weighted by atomic mass is 10.3. The highest BCUT2D eigenvalue weighted by molar-refractivity contribution is 7.86. The minimum Gasteiger partial charge on any atom is -0.744 e. The van der Waals surface area contributed by atoms with Crippen LogP contribution in [0.4, 0.5) is 11.4 Å². The first-order valence-corrected chi connectivity index (χ1v) is 16.2. The molecule has 1 N–H and O–H groups in total. The highest BCUT2D eigenvalue weighted by Gasteiger charge is 2.16. The second-order valence-corrected chi connectivity index (χ2v) is 16.7. The predicted octanol–water partition coefficient (Wildman–Crippen LogP) is 0.720.